The number of hydrogen-bond acceptors (Lipinski definition) is 6. The fourth-order valence-electron chi connectivity index (χ4n) is 3.67. The summed E-state index contributed by atoms with van der Waals surface area (Å²) in [7, 11) is 0. The molecule has 2 aromatic carbocycles. The maximum Gasteiger partial charge on any atom is 0.244 e. The summed E-state index contributed by atoms with van der Waals surface area (Å²) < 4.78 is 18.2. The Balaban J connectivity index is 1.75. The van der Waals surface area contributed by atoms with Crippen LogP contribution in [0.15, 0.2) is 46.3 Å². The second-order valence-corrected chi connectivity index (χ2v) is 8.96. The van der Waals surface area contributed by atoms with Crippen molar-refractivity contribution in [3.8, 4) is 23.4 Å². The average Bonchev–Trinajstić information content (AvgIpc) is 3.14. The highest BCUT2D eigenvalue weighted by Gasteiger charge is 2.35. The Morgan fingerprint density at radius 2 is 2.03 bits per heavy atom. The van der Waals surface area contributed by atoms with E-state index in [-0.39, 0.29) is 12.5 Å². The molecule has 33 heavy (non-hydrogen) atoms. The van der Waals surface area contributed by atoms with E-state index in [1.165, 1.54) is 0 Å². The van der Waals surface area contributed by atoms with Crippen LogP contribution in [0.3, 0.4) is 0 Å². The summed E-state index contributed by atoms with van der Waals surface area (Å²) in [5, 5.41) is 17.8. The van der Waals surface area contributed by atoms with E-state index in [0.717, 1.165) is 22.4 Å². The summed E-state index contributed by atoms with van der Waals surface area (Å²) in [6, 6.07) is 11.2. The Kier molecular flexibility index (Phi) is 6.75. The molecule has 3 aromatic rings. The molecule has 170 valence electrons. The fraction of sp³-hybridized carbons (Fsp3) is 0.217. The van der Waals surface area contributed by atoms with E-state index >= 15 is 0 Å². The Labute approximate surface area is 209 Å². The van der Waals surface area contributed by atoms with Crippen molar-refractivity contribution in [3.63, 3.8) is 0 Å². The van der Waals surface area contributed by atoms with Crippen LogP contribution >= 0.6 is 39.1 Å². The summed E-state index contributed by atoms with van der Waals surface area (Å²) in [5.41, 5.74) is 9.50. The number of rotatable bonds is 6. The van der Waals surface area contributed by atoms with Gasteiger partial charge in [0.25, 0.3) is 0 Å². The summed E-state index contributed by atoms with van der Waals surface area (Å²) in [4.78, 5) is 0. The van der Waals surface area contributed by atoms with Gasteiger partial charge in [0.1, 0.15) is 18.2 Å². The Hall–Kier alpha value is -2.86. The van der Waals surface area contributed by atoms with Crippen molar-refractivity contribution in [2.75, 3.05) is 6.61 Å². The maximum absolute atomic E-state index is 9.81. The molecule has 0 saturated heterocycles. The van der Waals surface area contributed by atoms with Gasteiger partial charge in [0.2, 0.25) is 11.8 Å². The molecule has 0 unspecified atom stereocenters. The molecule has 0 spiro atoms. The predicted molar refractivity (Wildman–Crippen MR) is 129 cm³/mol. The minimum absolute atomic E-state index is 0.0236. The van der Waals surface area contributed by atoms with Crippen LogP contribution in [0.25, 0.3) is 0 Å². The lowest BCUT2D eigenvalue weighted by atomic mass is 9.84. The lowest BCUT2D eigenvalue weighted by molar-refractivity contribution is 0.267. The van der Waals surface area contributed by atoms with Crippen molar-refractivity contribution in [3.05, 3.63) is 78.7 Å². The molecular weight excluding hydrogens is 531 g/mol. The minimum atomic E-state index is -0.475. The molecular formula is C23H19BrCl2N4O3. The van der Waals surface area contributed by atoms with Gasteiger partial charge in [0.15, 0.2) is 11.5 Å². The second kappa shape index (κ2) is 9.56. The van der Waals surface area contributed by atoms with Crippen LogP contribution in [0.4, 0.5) is 0 Å². The third-order valence-corrected chi connectivity index (χ3v) is 6.49. The van der Waals surface area contributed by atoms with Crippen LogP contribution in [0.5, 0.6) is 17.4 Å². The number of nitrogens with zero attached hydrogens (tertiary/aromatic N) is 2. The zero-order valence-corrected chi connectivity index (χ0v) is 20.8. The highest BCUT2D eigenvalue weighted by atomic mass is 79.9. The van der Waals surface area contributed by atoms with Crippen LogP contribution in [0.1, 0.15) is 35.2 Å². The van der Waals surface area contributed by atoms with Crippen LogP contribution in [-0.2, 0) is 6.61 Å². The first-order valence-electron chi connectivity index (χ1n) is 9.99. The number of nitrogens with two attached hydrogens (primary N) is 1. The molecule has 2 heterocycles. The summed E-state index contributed by atoms with van der Waals surface area (Å²) >= 11 is 15.7. The molecule has 0 fully saturated rings. The van der Waals surface area contributed by atoms with E-state index in [2.05, 4.69) is 32.2 Å². The maximum atomic E-state index is 9.81. The van der Waals surface area contributed by atoms with Gasteiger partial charge in [-0.05, 0) is 65.2 Å². The molecule has 3 N–H and O–H groups in total. The van der Waals surface area contributed by atoms with E-state index < -0.39 is 5.92 Å². The largest absolute Gasteiger partial charge is 0.490 e. The van der Waals surface area contributed by atoms with Gasteiger partial charge in [0.05, 0.1) is 27.0 Å². The average molecular weight is 550 g/mol. The van der Waals surface area contributed by atoms with E-state index in [4.69, 9.17) is 43.1 Å². The third-order valence-electron chi connectivity index (χ3n) is 5.16. The molecule has 1 aliphatic heterocycles. The summed E-state index contributed by atoms with van der Waals surface area (Å²) in [5.74, 6) is 0.945. The highest BCUT2D eigenvalue weighted by molar-refractivity contribution is 9.10. The first-order valence-corrected chi connectivity index (χ1v) is 11.5. The monoisotopic (exact) mass is 548 g/mol. The molecule has 1 aliphatic rings. The number of aromatic nitrogens is 2. The lowest BCUT2D eigenvalue weighted by Crippen LogP contribution is -2.21. The van der Waals surface area contributed by atoms with Crippen molar-refractivity contribution in [1.29, 1.82) is 5.26 Å². The van der Waals surface area contributed by atoms with Crippen molar-refractivity contribution >= 4 is 39.1 Å². The smallest absolute Gasteiger partial charge is 0.244 e. The van der Waals surface area contributed by atoms with Gasteiger partial charge >= 0.3 is 0 Å². The quantitative estimate of drug-likeness (QED) is 0.391. The zero-order valence-electron chi connectivity index (χ0n) is 17.7. The first kappa shape index (κ1) is 23.3. The Bertz CT molecular complexity index is 1300. The van der Waals surface area contributed by atoms with E-state index in [0.29, 0.717) is 44.1 Å². The molecule has 0 aliphatic carbocycles. The SMILES string of the molecule is CCOc1cc([C@H]2C(C#N)=C(N)Oc3n[nH]c(C)c32)cc(Br)c1OCc1ccc(Cl)c(Cl)c1. The van der Waals surface area contributed by atoms with Gasteiger partial charge in [-0.15, -0.1) is 5.10 Å². The number of benzene rings is 2. The van der Waals surface area contributed by atoms with Gasteiger partial charge in [0, 0.05) is 11.3 Å². The lowest BCUT2D eigenvalue weighted by Gasteiger charge is -2.25. The Morgan fingerprint density at radius 3 is 2.73 bits per heavy atom. The van der Waals surface area contributed by atoms with Crippen molar-refractivity contribution in [1.82, 2.24) is 10.2 Å². The van der Waals surface area contributed by atoms with Gasteiger partial charge in [-0.2, -0.15) is 5.26 Å². The number of ether oxygens (including phenoxy) is 3. The van der Waals surface area contributed by atoms with Crippen molar-refractivity contribution < 1.29 is 14.2 Å². The van der Waals surface area contributed by atoms with Crippen LogP contribution in [0, 0.1) is 18.3 Å². The molecule has 0 saturated carbocycles. The number of allylic oxidation sites excluding steroid dienone is 1. The molecule has 1 atom stereocenters. The van der Waals surface area contributed by atoms with E-state index in [1.54, 1.807) is 12.1 Å². The number of H-pyrrole nitrogens is 1. The highest BCUT2D eigenvalue weighted by Crippen LogP contribution is 2.46. The molecule has 0 radical (unpaired) electrons. The summed E-state index contributed by atoms with van der Waals surface area (Å²) in [6.07, 6.45) is 0. The second-order valence-electron chi connectivity index (χ2n) is 7.29. The van der Waals surface area contributed by atoms with Gasteiger partial charge in [-0.3, -0.25) is 5.10 Å². The van der Waals surface area contributed by atoms with Crippen LogP contribution in [0.2, 0.25) is 10.0 Å². The zero-order chi connectivity index (χ0) is 23.7. The number of fused-ring (bicyclic) bond motifs is 1. The van der Waals surface area contributed by atoms with Gasteiger partial charge < -0.3 is 19.9 Å². The third kappa shape index (κ3) is 4.49. The predicted octanol–water partition coefficient (Wildman–Crippen LogP) is 5.98. The molecule has 4 rings (SSSR count). The number of halogens is 3. The van der Waals surface area contributed by atoms with Crippen molar-refractivity contribution in [2.24, 2.45) is 5.73 Å². The fourth-order valence-corrected chi connectivity index (χ4v) is 4.57. The number of hydrogen-bond donors (Lipinski definition) is 2. The molecule has 0 amide bonds. The standard InChI is InChI=1S/C23H19BrCl2N4O3/c1-3-31-18-8-13(20-14(9-27)22(28)33-23-19(20)11(2)29-30-23)7-15(24)21(18)32-10-12-4-5-16(25)17(26)6-12/h4-8,20H,3,10,28H2,1-2H3,(H,29,30)/t20-/m0/s1. The van der Waals surface area contributed by atoms with E-state index in [1.807, 2.05) is 32.0 Å². The van der Waals surface area contributed by atoms with E-state index in [9.17, 15) is 5.26 Å². The van der Waals surface area contributed by atoms with Crippen LogP contribution in [-0.4, -0.2) is 16.8 Å². The minimum Gasteiger partial charge on any atom is -0.490 e. The summed E-state index contributed by atoms with van der Waals surface area (Å²) in [6.45, 7) is 4.43. The van der Waals surface area contributed by atoms with Crippen LogP contribution < -0.4 is 19.9 Å². The number of aromatic amines is 1. The molecule has 0 bridgehead atoms. The normalized spacial score (nSPS) is 15.0. The van der Waals surface area contributed by atoms with Gasteiger partial charge in [-0.25, -0.2) is 0 Å². The Morgan fingerprint density at radius 1 is 1.24 bits per heavy atom. The number of aryl methyl sites for hydroxylation is 1. The van der Waals surface area contributed by atoms with Crippen molar-refractivity contribution in [2.45, 2.75) is 26.4 Å². The molecule has 7 nitrogen and oxygen atoms in total. The number of nitrogens with one attached hydrogen (secondary N) is 1. The molecule has 10 heteroatoms. The topological polar surface area (TPSA) is 106 Å². The number of nitriles is 1. The first-order chi connectivity index (χ1) is 15.8. The van der Waals surface area contributed by atoms with Gasteiger partial charge in [-0.1, -0.05) is 29.3 Å². The molecule has 1 aromatic heterocycles.